The van der Waals surface area contributed by atoms with Crippen LogP contribution in [0.25, 0.3) is 0 Å². The third-order valence-electron chi connectivity index (χ3n) is 4.15. The number of ether oxygens (including phenoxy) is 1. The normalized spacial score (nSPS) is 24.2. The van der Waals surface area contributed by atoms with Crippen molar-refractivity contribution in [2.75, 3.05) is 19.0 Å². The van der Waals surface area contributed by atoms with E-state index >= 15 is 0 Å². The van der Waals surface area contributed by atoms with Crippen LogP contribution in [0, 0.1) is 5.92 Å². The standard InChI is InChI=1S/C14H19NO/c1-16-11-5-6-14-13(9-11)12(7-8-15-14)10-3-2-4-10/h5-6,9-10,12,15H,2-4,7-8H2,1H3. The second-order valence-corrected chi connectivity index (χ2v) is 4.97. The van der Waals surface area contributed by atoms with Crippen LogP contribution >= 0.6 is 0 Å². The highest BCUT2D eigenvalue weighted by Gasteiger charge is 2.31. The van der Waals surface area contributed by atoms with E-state index in [9.17, 15) is 0 Å². The summed E-state index contributed by atoms with van der Waals surface area (Å²) < 4.78 is 5.33. The number of hydrogen-bond donors (Lipinski definition) is 1. The first kappa shape index (κ1) is 10.0. The number of methoxy groups -OCH3 is 1. The van der Waals surface area contributed by atoms with E-state index in [-0.39, 0.29) is 0 Å². The van der Waals surface area contributed by atoms with E-state index in [0.717, 1.165) is 24.1 Å². The Balaban J connectivity index is 1.94. The van der Waals surface area contributed by atoms with Gasteiger partial charge in [-0.3, -0.25) is 0 Å². The molecule has 1 aliphatic heterocycles. The van der Waals surface area contributed by atoms with Crippen molar-refractivity contribution >= 4 is 5.69 Å². The summed E-state index contributed by atoms with van der Waals surface area (Å²) >= 11 is 0. The van der Waals surface area contributed by atoms with Crippen molar-refractivity contribution in [2.24, 2.45) is 5.92 Å². The van der Waals surface area contributed by atoms with E-state index in [0.29, 0.717) is 0 Å². The summed E-state index contributed by atoms with van der Waals surface area (Å²) in [6.07, 6.45) is 5.54. The highest BCUT2D eigenvalue weighted by molar-refractivity contribution is 5.57. The van der Waals surface area contributed by atoms with Crippen LogP contribution < -0.4 is 10.1 Å². The predicted octanol–water partition coefficient (Wildman–Crippen LogP) is 3.39. The molecule has 0 bridgehead atoms. The summed E-state index contributed by atoms with van der Waals surface area (Å²) in [6, 6.07) is 6.44. The average Bonchev–Trinajstić information content (AvgIpc) is 2.27. The summed E-state index contributed by atoms with van der Waals surface area (Å²) in [7, 11) is 1.75. The number of anilines is 1. The first-order valence-electron chi connectivity index (χ1n) is 6.30. The minimum Gasteiger partial charge on any atom is -0.497 e. The fraction of sp³-hybridized carbons (Fsp3) is 0.571. The van der Waals surface area contributed by atoms with Gasteiger partial charge >= 0.3 is 0 Å². The van der Waals surface area contributed by atoms with Gasteiger partial charge < -0.3 is 10.1 Å². The van der Waals surface area contributed by atoms with Gasteiger partial charge in [0, 0.05) is 12.2 Å². The van der Waals surface area contributed by atoms with Gasteiger partial charge in [0.05, 0.1) is 7.11 Å². The van der Waals surface area contributed by atoms with Crippen LogP contribution in [0.4, 0.5) is 5.69 Å². The Labute approximate surface area is 97.0 Å². The summed E-state index contributed by atoms with van der Waals surface area (Å²) in [5.74, 6) is 2.68. The number of nitrogens with one attached hydrogen (secondary N) is 1. The molecule has 0 amide bonds. The third kappa shape index (κ3) is 1.57. The van der Waals surface area contributed by atoms with E-state index in [1.807, 2.05) is 0 Å². The van der Waals surface area contributed by atoms with E-state index in [4.69, 9.17) is 4.74 Å². The van der Waals surface area contributed by atoms with Crippen molar-refractivity contribution in [3.05, 3.63) is 23.8 Å². The maximum Gasteiger partial charge on any atom is 0.119 e. The van der Waals surface area contributed by atoms with Crippen molar-refractivity contribution in [1.82, 2.24) is 0 Å². The molecule has 2 aliphatic rings. The lowest BCUT2D eigenvalue weighted by atomic mass is 9.70. The maximum absolute atomic E-state index is 5.33. The van der Waals surface area contributed by atoms with Crippen LogP contribution in [-0.4, -0.2) is 13.7 Å². The van der Waals surface area contributed by atoms with Gasteiger partial charge in [0.25, 0.3) is 0 Å². The Kier molecular flexibility index (Phi) is 2.50. The molecule has 2 heteroatoms. The molecule has 16 heavy (non-hydrogen) atoms. The van der Waals surface area contributed by atoms with E-state index < -0.39 is 0 Å². The van der Waals surface area contributed by atoms with Gasteiger partial charge in [-0.2, -0.15) is 0 Å². The molecule has 0 spiro atoms. The highest BCUT2D eigenvalue weighted by Crippen LogP contribution is 2.46. The minimum absolute atomic E-state index is 0.764. The zero-order chi connectivity index (χ0) is 11.0. The topological polar surface area (TPSA) is 21.3 Å². The van der Waals surface area contributed by atoms with Crippen LogP contribution in [0.5, 0.6) is 5.75 Å². The molecule has 1 atom stereocenters. The molecule has 1 heterocycles. The van der Waals surface area contributed by atoms with Gasteiger partial charge in [0.2, 0.25) is 0 Å². The molecule has 2 nitrogen and oxygen atoms in total. The first-order valence-corrected chi connectivity index (χ1v) is 6.30. The molecule has 0 saturated heterocycles. The minimum atomic E-state index is 0.764. The zero-order valence-corrected chi connectivity index (χ0v) is 9.83. The SMILES string of the molecule is COc1ccc2c(c1)C(C1CCC1)CCN2. The highest BCUT2D eigenvalue weighted by atomic mass is 16.5. The fourth-order valence-corrected chi connectivity index (χ4v) is 2.99. The number of rotatable bonds is 2. The third-order valence-corrected chi connectivity index (χ3v) is 4.15. The first-order chi connectivity index (χ1) is 7.88. The monoisotopic (exact) mass is 217 g/mol. The largest absolute Gasteiger partial charge is 0.497 e. The van der Waals surface area contributed by atoms with Crippen LogP contribution in [0.1, 0.15) is 37.2 Å². The van der Waals surface area contributed by atoms with Crippen LogP contribution in [0.3, 0.4) is 0 Å². The summed E-state index contributed by atoms with van der Waals surface area (Å²) in [4.78, 5) is 0. The Bertz CT molecular complexity index is 384. The lowest BCUT2D eigenvalue weighted by Crippen LogP contribution is -2.26. The van der Waals surface area contributed by atoms with Crippen LogP contribution in [0.15, 0.2) is 18.2 Å². The average molecular weight is 217 g/mol. The smallest absolute Gasteiger partial charge is 0.119 e. The van der Waals surface area contributed by atoms with Gasteiger partial charge in [-0.1, -0.05) is 6.42 Å². The van der Waals surface area contributed by atoms with Crippen molar-refractivity contribution in [1.29, 1.82) is 0 Å². The molecule has 0 radical (unpaired) electrons. The predicted molar refractivity (Wildman–Crippen MR) is 66.2 cm³/mol. The summed E-state index contributed by atoms with van der Waals surface area (Å²) in [5, 5.41) is 3.49. The molecule has 0 aromatic heterocycles. The number of benzene rings is 1. The summed E-state index contributed by atoms with van der Waals surface area (Å²) in [6.45, 7) is 1.13. The van der Waals surface area contributed by atoms with Gasteiger partial charge in [-0.05, 0) is 54.9 Å². The Hall–Kier alpha value is -1.18. The molecule has 1 N–H and O–H groups in total. The Morgan fingerprint density at radius 3 is 2.81 bits per heavy atom. The Morgan fingerprint density at radius 2 is 2.12 bits per heavy atom. The van der Waals surface area contributed by atoms with Gasteiger partial charge in [0.15, 0.2) is 0 Å². The number of hydrogen-bond acceptors (Lipinski definition) is 2. The number of fused-ring (bicyclic) bond motifs is 1. The lowest BCUT2D eigenvalue weighted by Gasteiger charge is -2.38. The van der Waals surface area contributed by atoms with Gasteiger partial charge in [0.1, 0.15) is 5.75 Å². The van der Waals surface area contributed by atoms with E-state index in [2.05, 4.69) is 23.5 Å². The zero-order valence-electron chi connectivity index (χ0n) is 9.83. The van der Waals surface area contributed by atoms with Crippen molar-refractivity contribution in [3.63, 3.8) is 0 Å². The molecule has 1 aromatic carbocycles. The maximum atomic E-state index is 5.33. The van der Waals surface area contributed by atoms with E-state index in [1.165, 1.54) is 36.9 Å². The fourth-order valence-electron chi connectivity index (χ4n) is 2.99. The second-order valence-electron chi connectivity index (χ2n) is 4.97. The quantitative estimate of drug-likeness (QED) is 0.819. The van der Waals surface area contributed by atoms with Crippen molar-refractivity contribution in [3.8, 4) is 5.75 Å². The molecular weight excluding hydrogens is 198 g/mol. The molecule has 1 fully saturated rings. The summed E-state index contributed by atoms with van der Waals surface area (Å²) in [5.41, 5.74) is 2.80. The molecular formula is C14H19NO. The van der Waals surface area contributed by atoms with Crippen LogP contribution in [0.2, 0.25) is 0 Å². The van der Waals surface area contributed by atoms with Crippen LogP contribution in [-0.2, 0) is 0 Å². The van der Waals surface area contributed by atoms with Gasteiger partial charge in [-0.25, -0.2) is 0 Å². The van der Waals surface area contributed by atoms with Crippen molar-refractivity contribution < 1.29 is 4.74 Å². The van der Waals surface area contributed by atoms with Crippen molar-refractivity contribution in [2.45, 2.75) is 31.6 Å². The molecule has 1 saturated carbocycles. The lowest BCUT2D eigenvalue weighted by molar-refractivity contribution is 0.251. The Morgan fingerprint density at radius 1 is 1.25 bits per heavy atom. The molecule has 1 aromatic rings. The van der Waals surface area contributed by atoms with Gasteiger partial charge in [-0.15, -0.1) is 0 Å². The molecule has 1 unspecified atom stereocenters. The van der Waals surface area contributed by atoms with E-state index in [1.54, 1.807) is 7.11 Å². The molecule has 1 aliphatic carbocycles. The second kappa shape index (κ2) is 4.00. The molecule has 3 rings (SSSR count). The molecule has 86 valence electrons.